The summed E-state index contributed by atoms with van der Waals surface area (Å²) in [7, 11) is -3.72. The Morgan fingerprint density at radius 2 is 1.55 bits per heavy atom. The molecule has 0 saturated heterocycles. The van der Waals surface area contributed by atoms with Crippen LogP contribution in [0.25, 0.3) is 11.0 Å². The molecule has 29 heavy (non-hydrogen) atoms. The van der Waals surface area contributed by atoms with Gasteiger partial charge in [0, 0.05) is 6.54 Å². The van der Waals surface area contributed by atoms with Crippen LogP contribution >= 0.6 is 0 Å². The monoisotopic (exact) mass is 410 g/mol. The smallest absolute Gasteiger partial charge is 0.267 e. The number of aromatic nitrogens is 2. The largest absolute Gasteiger partial charge is 0.335 e. The van der Waals surface area contributed by atoms with Crippen molar-refractivity contribution in [1.29, 1.82) is 0 Å². The van der Waals surface area contributed by atoms with Crippen molar-refractivity contribution in [2.45, 2.75) is 44.4 Å². The van der Waals surface area contributed by atoms with Crippen molar-refractivity contribution in [3.63, 3.8) is 0 Å². The van der Waals surface area contributed by atoms with E-state index < -0.39 is 10.0 Å². The summed E-state index contributed by atoms with van der Waals surface area (Å²) < 4.78 is 28.2. The molecule has 0 bridgehead atoms. The van der Waals surface area contributed by atoms with Gasteiger partial charge in [0.05, 0.1) is 15.9 Å². The Labute approximate surface area is 172 Å². The molecule has 0 amide bonds. The summed E-state index contributed by atoms with van der Waals surface area (Å²) in [6.07, 6.45) is 4.46. The summed E-state index contributed by atoms with van der Waals surface area (Å²) in [6, 6.07) is 14.5. The predicted molar refractivity (Wildman–Crippen MR) is 117 cm³/mol. The number of fused-ring (bicyclic) bond motifs is 2. The molecule has 3 aromatic rings. The second-order valence-electron chi connectivity index (χ2n) is 7.49. The summed E-state index contributed by atoms with van der Waals surface area (Å²) in [4.78, 5) is 11.8. The number of unbranched alkanes of at least 4 members (excludes halogenated alkanes) is 3. The number of rotatable bonds is 7. The van der Waals surface area contributed by atoms with Crippen LogP contribution in [0.15, 0.2) is 53.4 Å². The Morgan fingerprint density at radius 1 is 0.897 bits per heavy atom. The van der Waals surface area contributed by atoms with Crippen LogP contribution in [0.3, 0.4) is 0 Å². The first-order valence-corrected chi connectivity index (χ1v) is 11.6. The van der Waals surface area contributed by atoms with Gasteiger partial charge in [-0.05, 0) is 37.6 Å². The number of aryl methyl sites for hydroxylation is 1. The van der Waals surface area contributed by atoms with Crippen LogP contribution in [0.1, 0.15) is 38.2 Å². The first-order chi connectivity index (χ1) is 14.0. The van der Waals surface area contributed by atoms with E-state index in [2.05, 4.69) is 11.9 Å². The lowest BCUT2D eigenvalue weighted by Gasteiger charge is -2.20. The lowest BCUT2D eigenvalue weighted by Crippen LogP contribution is -2.36. The van der Waals surface area contributed by atoms with Crippen molar-refractivity contribution in [2.75, 3.05) is 22.4 Å². The average molecular weight is 411 g/mol. The van der Waals surface area contributed by atoms with Gasteiger partial charge in [-0.15, -0.1) is 0 Å². The molecule has 7 heteroatoms. The highest BCUT2D eigenvalue weighted by Crippen LogP contribution is 2.37. The van der Waals surface area contributed by atoms with E-state index in [1.165, 1.54) is 10.7 Å². The summed E-state index contributed by atoms with van der Waals surface area (Å²) in [6.45, 7) is 5.13. The molecule has 0 unspecified atom stereocenters. The van der Waals surface area contributed by atoms with E-state index >= 15 is 0 Å². The first kappa shape index (κ1) is 19.6. The molecule has 2 heterocycles. The van der Waals surface area contributed by atoms with E-state index in [9.17, 15) is 8.42 Å². The van der Waals surface area contributed by atoms with Crippen LogP contribution in [0.2, 0.25) is 0 Å². The van der Waals surface area contributed by atoms with Gasteiger partial charge in [-0.3, -0.25) is 0 Å². The molecule has 0 radical (unpaired) electrons. The van der Waals surface area contributed by atoms with Gasteiger partial charge in [0.2, 0.25) is 0 Å². The molecule has 0 N–H and O–H groups in total. The van der Waals surface area contributed by atoms with E-state index in [-0.39, 0.29) is 11.6 Å². The van der Waals surface area contributed by atoms with Crippen molar-refractivity contribution in [3.8, 4) is 0 Å². The van der Waals surface area contributed by atoms with Crippen molar-refractivity contribution < 1.29 is 8.42 Å². The van der Waals surface area contributed by atoms with Gasteiger partial charge >= 0.3 is 0 Å². The van der Waals surface area contributed by atoms with Crippen molar-refractivity contribution in [1.82, 2.24) is 9.97 Å². The van der Waals surface area contributed by atoms with Gasteiger partial charge in [-0.2, -0.15) is 0 Å². The number of anilines is 2. The molecular formula is C22H26N4O2S. The van der Waals surface area contributed by atoms with Crippen LogP contribution in [0.5, 0.6) is 0 Å². The minimum Gasteiger partial charge on any atom is -0.335 e. The van der Waals surface area contributed by atoms with Gasteiger partial charge in [0.15, 0.2) is 11.6 Å². The Morgan fingerprint density at radius 3 is 2.21 bits per heavy atom. The van der Waals surface area contributed by atoms with Gasteiger partial charge < -0.3 is 4.90 Å². The normalized spacial score (nSPS) is 13.9. The quantitative estimate of drug-likeness (QED) is 0.537. The van der Waals surface area contributed by atoms with E-state index in [1.807, 2.05) is 48.2 Å². The third-order valence-corrected chi connectivity index (χ3v) is 7.00. The standard InChI is InChI=1S/C22H26N4O2S/c1-3-4-5-8-15-25-16-26(29(27,28)18-13-11-17(2)12-14-18)22-21(25)23-19-9-6-7-10-20(19)24-22/h6-7,9-14H,3-5,8,15-16H2,1-2H3. The molecule has 0 aliphatic carbocycles. The fourth-order valence-corrected chi connectivity index (χ4v) is 4.96. The van der Waals surface area contributed by atoms with E-state index in [0.29, 0.717) is 17.2 Å². The third kappa shape index (κ3) is 3.79. The summed E-state index contributed by atoms with van der Waals surface area (Å²) >= 11 is 0. The third-order valence-electron chi connectivity index (χ3n) is 5.26. The van der Waals surface area contributed by atoms with Crippen LogP contribution < -0.4 is 9.21 Å². The van der Waals surface area contributed by atoms with E-state index in [1.54, 1.807) is 12.1 Å². The lowest BCUT2D eigenvalue weighted by atomic mass is 10.2. The van der Waals surface area contributed by atoms with Crippen molar-refractivity contribution >= 4 is 32.7 Å². The number of para-hydroxylation sites is 2. The number of hydrogen-bond donors (Lipinski definition) is 0. The molecule has 1 aromatic heterocycles. The fourth-order valence-electron chi connectivity index (χ4n) is 3.58. The lowest BCUT2D eigenvalue weighted by molar-refractivity contribution is 0.589. The highest BCUT2D eigenvalue weighted by atomic mass is 32.2. The second kappa shape index (κ2) is 7.99. The zero-order valence-electron chi connectivity index (χ0n) is 16.9. The number of benzene rings is 2. The van der Waals surface area contributed by atoms with Gasteiger partial charge in [-0.25, -0.2) is 22.7 Å². The average Bonchev–Trinajstić information content (AvgIpc) is 3.08. The van der Waals surface area contributed by atoms with Gasteiger partial charge in [-0.1, -0.05) is 56.0 Å². The SMILES string of the molecule is CCCCCCN1CN(S(=O)(=O)c2ccc(C)cc2)c2nc3ccccc3nc21. The predicted octanol–water partition coefficient (Wildman–Crippen LogP) is 4.49. The number of sulfonamides is 1. The molecule has 0 fully saturated rings. The van der Waals surface area contributed by atoms with Crippen molar-refractivity contribution in [3.05, 3.63) is 54.1 Å². The molecule has 2 aromatic carbocycles. The van der Waals surface area contributed by atoms with Gasteiger partial charge in [0.1, 0.15) is 6.67 Å². The molecule has 0 spiro atoms. The molecule has 152 valence electrons. The maximum atomic E-state index is 13.4. The highest BCUT2D eigenvalue weighted by Gasteiger charge is 2.37. The fraction of sp³-hybridized carbons (Fsp3) is 0.364. The van der Waals surface area contributed by atoms with Crippen LogP contribution in [-0.2, 0) is 10.0 Å². The molecule has 1 aliphatic rings. The zero-order valence-corrected chi connectivity index (χ0v) is 17.7. The maximum absolute atomic E-state index is 13.4. The summed E-state index contributed by atoms with van der Waals surface area (Å²) in [5, 5.41) is 0. The molecule has 1 aliphatic heterocycles. The van der Waals surface area contributed by atoms with Gasteiger partial charge in [0.25, 0.3) is 10.0 Å². The molecular weight excluding hydrogens is 384 g/mol. The summed E-state index contributed by atoms with van der Waals surface area (Å²) in [5.74, 6) is 1.07. The molecule has 0 atom stereocenters. The van der Waals surface area contributed by atoms with E-state index in [0.717, 1.165) is 36.9 Å². The Balaban J connectivity index is 1.74. The van der Waals surface area contributed by atoms with Crippen LogP contribution in [0.4, 0.5) is 11.6 Å². The van der Waals surface area contributed by atoms with Crippen LogP contribution in [-0.4, -0.2) is 31.6 Å². The minimum absolute atomic E-state index is 0.244. The Hall–Kier alpha value is -2.67. The molecule has 4 rings (SSSR count). The number of nitrogens with zero attached hydrogens (tertiary/aromatic N) is 4. The van der Waals surface area contributed by atoms with Crippen LogP contribution in [0, 0.1) is 6.92 Å². The molecule has 0 saturated carbocycles. The number of hydrogen-bond acceptors (Lipinski definition) is 5. The zero-order chi connectivity index (χ0) is 20.4. The molecule has 6 nitrogen and oxygen atoms in total. The summed E-state index contributed by atoms with van der Waals surface area (Å²) in [5.41, 5.74) is 2.50. The second-order valence-corrected chi connectivity index (χ2v) is 9.35. The highest BCUT2D eigenvalue weighted by molar-refractivity contribution is 7.92. The minimum atomic E-state index is -3.72. The first-order valence-electron chi connectivity index (χ1n) is 10.1. The Kier molecular flexibility index (Phi) is 5.41. The Bertz CT molecular complexity index is 1110. The van der Waals surface area contributed by atoms with Crippen molar-refractivity contribution in [2.24, 2.45) is 0 Å². The maximum Gasteiger partial charge on any atom is 0.267 e. The van der Waals surface area contributed by atoms with E-state index in [4.69, 9.17) is 4.98 Å². The topological polar surface area (TPSA) is 66.4 Å².